The number of halogens is 1. The second-order valence-corrected chi connectivity index (χ2v) is 7.70. The molecule has 1 unspecified atom stereocenters. The summed E-state index contributed by atoms with van der Waals surface area (Å²) in [4.78, 5) is 51.0. The van der Waals surface area contributed by atoms with Gasteiger partial charge in [0.05, 0.1) is 23.9 Å². The van der Waals surface area contributed by atoms with Gasteiger partial charge in [0.25, 0.3) is 0 Å². The largest absolute Gasteiger partial charge is 0.466 e. The van der Waals surface area contributed by atoms with Crippen molar-refractivity contribution in [2.75, 3.05) is 19.0 Å². The molecule has 166 valence electrons. The van der Waals surface area contributed by atoms with E-state index in [1.54, 1.807) is 0 Å². The Labute approximate surface area is 176 Å². The minimum absolute atomic E-state index is 0.0564. The van der Waals surface area contributed by atoms with Crippen LogP contribution < -0.4 is 5.32 Å². The van der Waals surface area contributed by atoms with Crippen molar-refractivity contribution < 1.29 is 23.9 Å². The lowest BCUT2D eigenvalue weighted by Gasteiger charge is -2.32. The summed E-state index contributed by atoms with van der Waals surface area (Å²) < 4.78 is 5.22. The van der Waals surface area contributed by atoms with Gasteiger partial charge < -0.3 is 10.1 Å². The van der Waals surface area contributed by atoms with Gasteiger partial charge in [0, 0.05) is 11.9 Å². The SMILES string of the molecule is CCOC(=O)C(C)(CC)CCC1CCC(NC(=O)N(CCCl)N=O)CC1.O=C=O. The molecule has 0 heterocycles. The second kappa shape index (κ2) is 14.9. The van der Waals surface area contributed by atoms with Crippen molar-refractivity contribution in [1.82, 2.24) is 10.3 Å². The average molecular weight is 434 g/mol. The van der Waals surface area contributed by atoms with E-state index in [0.717, 1.165) is 50.0 Å². The number of esters is 1. The zero-order valence-electron chi connectivity index (χ0n) is 17.4. The monoisotopic (exact) mass is 433 g/mol. The van der Waals surface area contributed by atoms with Crippen LogP contribution in [0.1, 0.15) is 65.7 Å². The van der Waals surface area contributed by atoms with E-state index in [1.165, 1.54) is 0 Å². The average Bonchev–Trinajstić information content (AvgIpc) is 2.71. The molecule has 0 bridgehead atoms. The highest BCUT2D eigenvalue weighted by atomic mass is 35.5. The van der Waals surface area contributed by atoms with Gasteiger partial charge in [-0.15, -0.1) is 16.5 Å². The maximum atomic E-state index is 12.2. The molecule has 1 aliphatic carbocycles. The van der Waals surface area contributed by atoms with Gasteiger partial charge in [0.15, 0.2) is 0 Å². The molecule has 0 aliphatic heterocycles. The van der Waals surface area contributed by atoms with E-state index in [-0.39, 0.29) is 30.6 Å². The van der Waals surface area contributed by atoms with Gasteiger partial charge in [-0.3, -0.25) is 4.79 Å². The molecule has 9 nitrogen and oxygen atoms in total. The van der Waals surface area contributed by atoms with E-state index in [1.807, 2.05) is 20.8 Å². The van der Waals surface area contributed by atoms with Crippen molar-refractivity contribution in [3.05, 3.63) is 4.91 Å². The zero-order valence-corrected chi connectivity index (χ0v) is 18.2. The Morgan fingerprint density at radius 3 is 2.28 bits per heavy atom. The maximum Gasteiger partial charge on any atom is 0.373 e. The molecule has 1 aliphatic rings. The summed E-state index contributed by atoms with van der Waals surface area (Å²) >= 11 is 5.55. The Bertz CT molecular complexity index is 548. The van der Waals surface area contributed by atoms with Gasteiger partial charge >= 0.3 is 18.2 Å². The summed E-state index contributed by atoms with van der Waals surface area (Å²) in [6.45, 7) is 6.36. The molecule has 29 heavy (non-hydrogen) atoms. The predicted molar refractivity (Wildman–Crippen MR) is 107 cm³/mol. The lowest BCUT2D eigenvalue weighted by Crippen LogP contribution is -2.44. The molecular formula is C19H32ClN3O6. The van der Waals surface area contributed by atoms with E-state index >= 15 is 0 Å². The van der Waals surface area contributed by atoms with Crippen LogP contribution >= 0.6 is 11.6 Å². The van der Waals surface area contributed by atoms with E-state index < -0.39 is 11.4 Å². The smallest absolute Gasteiger partial charge is 0.373 e. The number of urea groups is 1. The topological polar surface area (TPSA) is 122 Å². The summed E-state index contributed by atoms with van der Waals surface area (Å²) in [7, 11) is 0. The van der Waals surface area contributed by atoms with Gasteiger partial charge in [0.2, 0.25) is 0 Å². The normalized spacial score (nSPS) is 20.1. The zero-order chi connectivity index (χ0) is 22.3. The number of rotatable bonds is 10. The molecule has 0 saturated heterocycles. The summed E-state index contributed by atoms with van der Waals surface area (Å²) in [5, 5.41) is 6.38. The summed E-state index contributed by atoms with van der Waals surface area (Å²) in [5.41, 5.74) is -0.418. The number of carbonyl (C=O) groups excluding carboxylic acids is 4. The first-order valence-corrected chi connectivity index (χ1v) is 10.5. The van der Waals surface area contributed by atoms with Gasteiger partial charge in [-0.1, -0.05) is 6.92 Å². The van der Waals surface area contributed by atoms with Gasteiger partial charge in [-0.05, 0) is 64.7 Å². The van der Waals surface area contributed by atoms with E-state index in [4.69, 9.17) is 25.9 Å². The highest BCUT2D eigenvalue weighted by Gasteiger charge is 2.34. The molecule has 2 amide bonds. The molecular weight excluding hydrogens is 402 g/mol. The lowest BCUT2D eigenvalue weighted by atomic mass is 9.76. The fourth-order valence-corrected chi connectivity index (χ4v) is 3.52. The number of ether oxygens (including phenoxy) is 1. The summed E-state index contributed by atoms with van der Waals surface area (Å²) in [6.07, 6.45) is 6.56. The standard InChI is InChI=1S/C18H32ClN3O4.CO2/c1-4-18(3,16(23)26-5-2)11-10-14-6-8-15(9-7-14)20-17(24)22(21-25)13-12-19;2-1-3/h14-15H,4-13H2,1-3H3,(H,20,24);. The minimum Gasteiger partial charge on any atom is -0.466 e. The van der Waals surface area contributed by atoms with Gasteiger partial charge in [-0.25, -0.2) is 4.79 Å². The van der Waals surface area contributed by atoms with Crippen LogP contribution in [0.25, 0.3) is 0 Å². The van der Waals surface area contributed by atoms with Crippen molar-refractivity contribution in [3.8, 4) is 0 Å². The Balaban J connectivity index is 0.00000245. The van der Waals surface area contributed by atoms with Crippen molar-refractivity contribution >= 4 is 29.8 Å². The highest BCUT2D eigenvalue weighted by molar-refractivity contribution is 6.18. The predicted octanol–water partition coefficient (Wildman–Crippen LogP) is 3.65. The third-order valence-electron chi connectivity index (χ3n) is 5.46. The fraction of sp³-hybridized carbons (Fsp3) is 0.842. The van der Waals surface area contributed by atoms with Crippen LogP contribution in [0, 0.1) is 16.2 Å². The van der Waals surface area contributed by atoms with Crippen LogP contribution in [0.5, 0.6) is 0 Å². The minimum atomic E-state index is -0.482. The first-order valence-electron chi connectivity index (χ1n) is 9.95. The molecule has 0 aromatic carbocycles. The van der Waals surface area contributed by atoms with Gasteiger partial charge in [0.1, 0.15) is 0 Å². The fourth-order valence-electron chi connectivity index (χ4n) is 3.36. The molecule has 0 aromatic rings. The van der Waals surface area contributed by atoms with Crippen molar-refractivity contribution in [3.63, 3.8) is 0 Å². The van der Waals surface area contributed by atoms with Crippen molar-refractivity contribution in [2.45, 2.75) is 71.8 Å². The third-order valence-corrected chi connectivity index (χ3v) is 5.63. The number of alkyl halides is 1. The molecule has 1 rings (SSSR count). The van der Waals surface area contributed by atoms with Crippen LogP contribution in [0.2, 0.25) is 0 Å². The van der Waals surface area contributed by atoms with E-state index in [0.29, 0.717) is 12.5 Å². The molecule has 0 spiro atoms. The van der Waals surface area contributed by atoms with Crippen molar-refractivity contribution in [2.24, 2.45) is 16.6 Å². The molecule has 1 fully saturated rings. The van der Waals surface area contributed by atoms with Crippen LogP contribution in [0.15, 0.2) is 5.29 Å². The maximum absolute atomic E-state index is 12.2. The number of carbonyl (C=O) groups is 2. The first-order chi connectivity index (χ1) is 13.8. The molecule has 10 heteroatoms. The number of amides is 2. The van der Waals surface area contributed by atoms with E-state index in [2.05, 4.69) is 10.6 Å². The second-order valence-electron chi connectivity index (χ2n) is 7.32. The van der Waals surface area contributed by atoms with Crippen LogP contribution in [0.3, 0.4) is 0 Å². The Morgan fingerprint density at radius 2 is 1.83 bits per heavy atom. The molecule has 1 saturated carbocycles. The van der Waals surface area contributed by atoms with Crippen LogP contribution in [0.4, 0.5) is 4.79 Å². The van der Waals surface area contributed by atoms with Crippen LogP contribution in [-0.2, 0) is 19.1 Å². The quantitative estimate of drug-likeness (QED) is 0.243. The number of hydrogen-bond donors (Lipinski definition) is 1. The molecule has 0 radical (unpaired) electrons. The molecule has 0 aromatic heterocycles. The molecule has 1 atom stereocenters. The number of nitroso groups, excluding NO2 is 1. The Morgan fingerprint density at radius 1 is 1.24 bits per heavy atom. The van der Waals surface area contributed by atoms with E-state index in [9.17, 15) is 14.5 Å². The van der Waals surface area contributed by atoms with Crippen molar-refractivity contribution in [1.29, 1.82) is 0 Å². The summed E-state index contributed by atoms with van der Waals surface area (Å²) in [6, 6.07) is -0.425. The summed E-state index contributed by atoms with van der Waals surface area (Å²) in [5.74, 6) is 0.610. The first kappa shape index (κ1) is 27.0. The lowest BCUT2D eigenvalue weighted by molar-refractivity contribution is -0.191. The number of nitrogens with one attached hydrogen (secondary N) is 1. The molecule has 1 N–H and O–H groups in total. The van der Waals surface area contributed by atoms with Gasteiger partial charge in [-0.2, -0.15) is 14.6 Å². The third kappa shape index (κ3) is 9.85. The number of hydrogen-bond acceptors (Lipinski definition) is 7. The highest BCUT2D eigenvalue weighted by Crippen LogP contribution is 2.35. The Hall–Kier alpha value is -1.99. The number of nitrogens with zero attached hydrogens (tertiary/aromatic N) is 2. The van der Waals surface area contributed by atoms with Crippen LogP contribution in [-0.4, -0.2) is 48.2 Å². The Kier molecular flexibility index (Phi) is 13.9.